The van der Waals surface area contributed by atoms with E-state index in [1.807, 2.05) is 18.2 Å². The van der Waals surface area contributed by atoms with Crippen molar-refractivity contribution in [3.05, 3.63) is 65.9 Å². The molecule has 5 heteroatoms. The molecule has 0 atom stereocenters. The maximum atomic E-state index is 5.38. The van der Waals surface area contributed by atoms with Crippen LogP contribution in [-0.4, -0.2) is 31.6 Å². The summed E-state index contributed by atoms with van der Waals surface area (Å²) in [5.74, 6) is 1.68. The predicted octanol–water partition coefficient (Wildman–Crippen LogP) is 3.47. The molecule has 3 rings (SSSR count). The number of para-hydroxylation sites is 2. The molecule has 3 N–H and O–H groups in total. The quantitative estimate of drug-likeness (QED) is 0.347. The first kappa shape index (κ1) is 17.9. The molecule has 5 nitrogen and oxygen atoms in total. The van der Waals surface area contributed by atoms with Gasteiger partial charge in [-0.3, -0.25) is 4.99 Å². The lowest BCUT2D eigenvalue weighted by molar-refractivity contribution is 0.409. The first-order valence-electron chi connectivity index (χ1n) is 8.93. The van der Waals surface area contributed by atoms with Crippen LogP contribution < -0.4 is 15.4 Å². The van der Waals surface area contributed by atoms with Crippen LogP contribution in [0.3, 0.4) is 0 Å². The van der Waals surface area contributed by atoms with E-state index in [2.05, 4.69) is 57.1 Å². The number of guanidine groups is 1. The fraction of sp³-hybridized carbons (Fsp3) is 0.286. The van der Waals surface area contributed by atoms with E-state index < -0.39 is 0 Å². The molecular weight excluding hydrogens is 324 g/mol. The number of methoxy groups -OCH3 is 1. The Balaban J connectivity index is 1.46. The van der Waals surface area contributed by atoms with Gasteiger partial charge in [0.05, 0.1) is 7.11 Å². The maximum absolute atomic E-state index is 5.38. The molecule has 2 aromatic carbocycles. The number of hydrogen-bond acceptors (Lipinski definition) is 2. The smallest absolute Gasteiger partial charge is 0.191 e. The van der Waals surface area contributed by atoms with Gasteiger partial charge in [0, 0.05) is 42.8 Å². The third-order valence-corrected chi connectivity index (χ3v) is 4.45. The summed E-state index contributed by atoms with van der Waals surface area (Å²) in [6.45, 7) is 1.54. The SMILES string of the molecule is CN=C(NCCCc1c[nH]c2ccccc12)NCc1ccccc1OC. The second-order valence-corrected chi connectivity index (χ2v) is 6.13. The third kappa shape index (κ3) is 4.36. The normalized spacial score (nSPS) is 11.5. The number of nitrogens with zero attached hydrogens (tertiary/aromatic N) is 1. The van der Waals surface area contributed by atoms with E-state index in [-0.39, 0.29) is 0 Å². The topological polar surface area (TPSA) is 61.4 Å². The van der Waals surface area contributed by atoms with Gasteiger partial charge < -0.3 is 20.4 Å². The van der Waals surface area contributed by atoms with Gasteiger partial charge in [0.25, 0.3) is 0 Å². The fourth-order valence-electron chi connectivity index (χ4n) is 3.07. The van der Waals surface area contributed by atoms with E-state index >= 15 is 0 Å². The second kappa shape index (κ2) is 8.94. The molecule has 0 amide bonds. The van der Waals surface area contributed by atoms with E-state index in [4.69, 9.17) is 4.74 Å². The summed E-state index contributed by atoms with van der Waals surface area (Å²) in [6, 6.07) is 16.4. The van der Waals surface area contributed by atoms with Crippen LogP contribution >= 0.6 is 0 Å². The molecule has 0 fully saturated rings. The molecule has 0 spiro atoms. The van der Waals surface area contributed by atoms with Crippen LogP contribution in [0.2, 0.25) is 0 Å². The Morgan fingerprint density at radius 3 is 2.69 bits per heavy atom. The highest BCUT2D eigenvalue weighted by Gasteiger charge is 2.05. The van der Waals surface area contributed by atoms with E-state index in [1.54, 1.807) is 14.2 Å². The van der Waals surface area contributed by atoms with Crippen molar-refractivity contribution in [2.75, 3.05) is 20.7 Å². The minimum Gasteiger partial charge on any atom is -0.496 e. The Morgan fingerprint density at radius 1 is 1.04 bits per heavy atom. The van der Waals surface area contributed by atoms with Crippen molar-refractivity contribution in [2.24, 2.45) is 4.99 Å². The number of aryl methyl sites for hydroxylation is 1. The lowest BCUT2D eigenvalue weighted by atomic mass is 10.1. The molecule has 0 unspecified atom stereocenters. The van der Waals surface area contributed by atoms with E-state index in [0.717, 1.165) is 36.7 Å². The fourth-order valence-corrected chi connectivity index (χ4v) is 3.07. The van der Waals surface area contributed by atoms with E-state index in [9.17, 15) is 0 Å². The van der Waals surface area contributed by atoms with Crippen LogP contribution in [0, 0.1) is 0 Å². The van der Waals surface area contributed by atoms with Crippen molar-refractivity contribution in [1.29, 1.82) is 0 Å². The minimum atomic E-state index is 0.673. The molecule has 0 saturated carbocycles. The van der Waals surface area contributed by atoms with Crippen LogP contribution in [0.15, 0.2) is 59.7 Å². The zero-order valence-corrected chi connectivity index (χ0v) is 15.4. The van der Waals surface area contributed by atoms with Gasteiger partial charge in [-0.2, -0.15) is 0 Å². The maximum Gasteiger partial charge on any atom is 0.191 e. The highest BCUT2D eigenvalue weighted by atomic mass is 16.5. The molecule has 1 aromatic heterocycles. The summed E-state index contributed by atoms with van der Waals surface area (Å²) in [7, 11) is 3.48. The monoisotopic (exact) mass is 350 g/mol. The van der Waals surface area contributed by atoms with Gasteiger partial charge in [-0.05, 0) is 30.5 Å². The Hall–Kier alpha value is -2.95. The Morgan fingerprint density at radius 2 is 1.85 bits per heavy atom. The van der Waals surface area contributed by atoms with Gasteiger partial charge in [-0.25, -0.2) is 0 Å². The predicted molar refractivity (Wildman–Crippen MR) is 108 cm³/mol. The third-order valence-electron chi connectivity index (χ3n) is 4.45. The molecule has 0 aliphatic heterocycles. The summed E-state index contributed by atoms with van der Waals surface area (Å²) in [4.78, 5) is 7.62. The number of ether oxygens (including phenoxy) is 1. The molecule has 136 valence electrons. The van der Waals surface area contributed by atoms with Crippen molar-refractivity contribution in [3.63, 3.8) is 0 Å². The molecule has 0 radical (unpaired) electrons. The van der Waals surface area contributed by atoms with Crippen molar-refractivity contribution in [3.8, 4) is 5.75 Å². The number of aliphatic imine (C=N–C) groups is 1. The first-order chi connectivity index (χ1) is 12.8. The van der Waals surface area contributed by atoms with Crippen LogP contribution in [-0.2, 0) is 13.0 Å². The number of aromatic amines is 1. The van der Waals surface area contributed by atoms with Crippen LogP contribution in [0.5, 0.6) is 5.75 Å². The summed E-state index contributed by atoms with van der Waals surface area (Å²) in [5.41, 5.74) is 3.67. The van der Waals surface area contributed by atoms with Crippen LogP contribution in [0.25, 0.3) is 10.9 Å². The number of benzene rings is 2. The lowest BCUT2D eigenvalue weighted by Crippen LogP contribution is -2.37. The van der Waals surface area contributed by atoms with Crippen molar-refractivity contribution in [1.82, 2.24) is 15.6 Å². The number of aromatic nitrogens is 1. The van der Waals surface area contributed by atoms with Gasteiger partial charge in [0.2, 0.25) is 0 Å². The number of fused-ring (bicyclic) bond motifs is 1. The van der Waals surface area contributed by atoms with Crippen molar-refractivity contribution in [2.45, 2.75) is 19.4 Å². The van der Waals surface area contributed by atoms with Gasteiger partial charge in [-0.1, -0.05) is 36.4 Å². The van der Waals surface area contributed by atoms with Crippen LogP contribution in [0.1, 0.15) is 17.5 Å². The summed E-state index contributed by atoms with van der Waals surface area (Å²) in [5, 5.41) is 8.02. The summed E-state index contributed by atoms with van der Waals surface area (Å²) >= 11 is 0. The number of hydrogen-bond donors (Lipinski definition) is 3. The molecular formula is C21H26N4O. The van der Waals surface area contributed by atoms with Crippen molar-refractivity contribution < 1.29 is 4.74 Å². The zero-order valence-electron chi connectivity index (χ0n) is 15.4. The largest absolute Gasteiger partial charge is 0.496 e. The zero-order chi connectivity index (χ0) is 18.2. The average Bonchev–Trinajstić information content (AvgIpc) is 3.11. The minimum absolute atomic E-state index is 0.673. The molecule has 3 aromatic rings. The number of nitrogens with one attached hydrogen (secondary N) is 3. The molecule has 0 aliphatic carbocycles. The molecule has 0 bridgehead atoms. The lowest BCUT2D eigenvalue weighted by Gasteiger charge is -2.13. The number of H-pyrrole nitrogens is 1. The van der Waals surface area contributed by atoms with Gasteiger partial charge in [0.15, 0.2) is 5.96 Å². The molecule has 1 heterocycles. The standard InChI is InChI=1S/C21H26N4O/c1-22-21(25-15-17-8-3-6-12-20(17)26-2)23-13-7-9-16-14-24-19-11-5-4-10-18(16)19/h3-6,8,10-12,14,24H,7,9,13,15H2,1-2H3,(H2,22,23,25). The van der Waals surface area contributed by atoms with Gasteiger partial charge >= 0.3 is 0 Å². The molecule has 0 saturated heterocycles. The van der Waals surface area contributed by atoms with Gasteiger partial charge in [-0.15, -0.1) is 0 Å². The van der Waals surface area contributed by atoms with Crippen LogP contribution in [0.4, 0.5) is 0 Å². The second-order valence-electron chi connectivity index (χ2n) is 6.13. The summed E-state index contributed by atoms with van der Waals surface area (Å²) < 4.78 is 5.38. The van der Waals surface area contributed by atoms with Crippen molar-refractivity contribution >= 4 is 16.9 Å². The first-order valence-corrected chi connectivity index (χ1v) is 8.93. The Labute approximate surface area is 154 Å². The Kier molecular flexibility index (Phi) is 6.14. The molecule has 0 aliphatic rings. The highest BCUT2D eigenvalue weighted by Crippen LogP contribution is 2.19. The Bertz CT molecular complexity index is 869. The van der Waals surface area contributed by atoms with E-state index in [1.165, 1.54) is 16.5 Å². The summed E-state index contributed by atoms with van der Waals surface area (Å²) in [6.07, 6.45) is 4.18. The highest BCUT2D eigenvalue weighted by molar-refractivity contribution is 5.83. The van der Waals surface area contributed by atoms with Gasteiger partial charge in [0.1, 0.15) is 5.75 Å². The number of rotatable bonds is 7. The van der Waals surface area contributed by atoms with E-state index in [0.29, 0.717) is 6.54 Å². The molecule has 26 heavy (non-hydrogen) atoms. The average molecular weight is 350 g/mol.